The lowest BCUT2D eigenvalue weighted by molar-refractivity contribution is -0.274. The number of hydrogen-bond donors (Lipinski definition) is 1. The maximum Gasteiger partial charge on any atom is 0.573 e. The van der Waals surface area contributed by atoms with Crippen molar-refractivity contribution in [2.24, 2.45) is 0 Å². The van der Waals surface area contributed by atoms with Gasteiger partial charge >= 0.3 is 12.3 Å². The number of halogens is 3. The number of anilines is 1. The normalized spacial score (nSPS) is 11.1. The zero-order valence-corrected chi connectivity index (χ0v) is 15.1. The van der Waals surface area contributed by atoms with Crippen molar-refractivity contribution in [1.29, 1.82) is 0 Å². The standard InChI is InChI=1S/C19H18F3NO5/c1-12(2)27-18(25)13-3-7-15(8-4-13)26-11-17(24)23-14-5-9-16(10-6-14)28-19(20,21)22/h3-10,12H,11H2,1-2H3,(H,23,24). The van der Waals surface area contributed by atoms with Crippen LogP contribution in [0.2, 0.25) is 0 Å². The van der Waals surface area contributed by atoms with Gasteiger partial charge in [-0.2, -0.15) is 0 Å². The number of benzene rings is 2. The molecule has 0 saturated carbocycles. The summed E-state index contributed by atoms with van der Waals surface area (Å²) in [6, 6.07) is 10.8. The number of esters is 1. The molecule has 1 amide bonds. The third-order valence-corrected chi connectivity index (χ3v) is 3.17. The van der Waals surface area contributed by atoms with Crippen molar-refractivity contribution in [3.05, 3.63) is 54.1 Å². The average molecular weight is 397 g/mol. The highest BCUT2D eigenvalue weighted by molar-refractivity contribution is 5.92. The number of carbonyl (C=O) groups excluding carboxylic acids is 2. The Bertz CT molecular complexity index is 802. The molecule has 6 nitrogen and oxygen atoms in total. The maximum atomic E-state index is 12.1. The van der Waals surface area contributed by atoms with Gasteiger partial charge in [0.15, 0.2) is 6.61 Å². The predicted molar refractivity (Wildman–Crippen MR) is 94.2 cm³/mol. The number of hydrogen-bond acceptors (Lipinski definition) is 5. The van der Waals surface area contributed by atoms with Crippen LogP contribution < -0.4 is 14.8 Å². The fraction of sp³-hybridized carbons (Fsp3) is 0.263. The average Bonchev–Trinajstić information content (AvgIpc) is 2.60. The molecule has 28 heavy (non-hydrogen) atoms. The van der Waals surface area contributed by atoms with Gasteiger partial charge in [-0.15, -0.1) is 13.2 Å². The summed E-state index contributed by atoms with van der Waals surface area (Å²) in [4.78, 5) is 23.6. The zero-order chi connectivity index (χ0) is 20.7. The van der Waals surface area contributed by atoms with Crippen LogP contribution in [-0.2, 0) is 9.53 Å². The van der Waals surface area contributed by atoms with Crippen LogP contribution in [0.25, 0.3) is 0 Å². The van der Waals surface area contributed by atoms with E-state index in [1.807, 2.05) is 0 Å². The van der Waals surface area contributed by atoms with E-state index in [4.69, 9.17) is 9.47 Å². The van der Waals surface area contributed by atoms with E-state index in [9.17, 15) is 22.8 Å². The van der Waals surface area contributed by atoms with Gasteiger partial charge in [-0.1, -0.05) is 0 Å². The van der Waals surface area contributed by atoms with Gasteiger partial charge in [0.1, 0.15) is 11.5 Å². The smallest absolute Gasteiger partial charge is 0.484 e. The summed E-state index contributed by atoms with van der Waals surface area (Å²) in [6.07, 6.45) is -5.01. The van der Waals surface area contributed by atoms with Gasteiger partial charge in [0.2, 0.25) is 0 Å². The first-order valence-electron chi connectivity index (χ1n) is 8.22. The molecule has 0 fully saturated rings. The van der Waals surface area contributed by atoms with E-state index < -0.39 is 24.0 Å². The monoisotopic (exact) mass is 397 g/mol. The van der Waals surface area contributed by atoms with Crippen molar-refractivity contribution in [1.82, 2.24) is 0 Å². The van der Waals surface area contributed by atoms with E-state index in [1.54, 1.807) is 13.8 Å². The Kier molecular flexibility index (Phi) is 6.86. The number of nitrogens with one attached hydrogen (secondary N) is 1. The molecule has 0 aromatic heterocycles. The van der Waals surface area contributed by atoms with Crippen LogP contribution in [-0.4, -0.2) is 30.9 Å². The van der Waals surface area contributed by atoms with Crippen LogP contribution in [0.1, 0.15) is 24.2 Å². The van der Waals surface area contributed by atoms with Crippen molar-refractivity contribution >= 4 is 17.6 Å². The van der Waals surface area contributed by atoms with Crippen molar-refractivity contribution in [2.45, 2.75) is 26.3 Å². The van der Waals surface area contributed by atoms with E-state index in [0.717, 1.165) is 12.1 Å². The first-order valence-corrected chi connectivity index (χ1v) is 8.22. The molecule has 0 radical (unpaired) electrons. The van der Waals surface area contributed by atoms with Crippen LogP contribution in [0.5, 0.6) is 11.5 Å². The Morgan fingerprint density at radius 2 is 1.54 bits per heavy atom. The van der Waals surface area contributed by atoms with Crippen molar-refractivity contribution in [2.75, 3.05) is 11.9 Å². The molecule has 0 heterocycles. The maximum absolute atomic E-state index is 12.1. The van der Waals surface area contributed by atoms with Crippen molar-refractivity contribution in [3.8, 4) is 11.5 Å². The quantitative estimate of drug-likeness (QED) is 0.710. The minimum Gasteiger partial charge on any atom is -0.484 e. The minimum atomic E-state index is -4.78. The van der Waals surface area contributed by atoms with Crippen LogP contribution in [0.4, 0.5) is 18.9 Å². The Balaban J connectivity index is 1.83. The molecule has 2 aromatic rings. The van der Waals surface area contributed by atoms with Gasteiger partial charge in [-0.05, 0) is 62.4 Å². The fourth-order valence-electron chi connectivity index (χ4n) is 2.06. The highest BCUT2D eigenvalue weighted by atomic mass is 19.4. The molecular weight excluding hydrogens is 379 g/mol. The lowest BCUT2D eigenvalue weighted by atomic mass is 10.2. The molecule has 0 spiro atoms. The number of carbonyl (C=O) groups is 2. The molecule has 150 valence electrons. The van der Waals surface area contributed by atoms with Gasteiger partial charge in [0.05, 0.1) is 11.7 Å². The first-order chi connectivity index (χ1) is 13.1. The van der Waals surface area contributed by atoms with Gasteiger partial charge < -0.3 is 19.5 Å². The molecule has 9 heteroatoms. The Hall–Kier alpha value is -3.23. The molecule has 0 unspecified atom stereocenters. The summed E-state index contributed by atoms with van der Waals surface area (Å²) in [5.74, 6) is -0.993. The van der Waals surface area contributed by atoms with Crippen LogP contribution >= 0.6 is 0 Å². The number of amides is 1. The van der Waals surface area contributed by atoms with Gasteiger partial charge in [0.25, 0.3) is 5.91 Å². The SMILES string of the molecule is CC(C)OC(=O)c1ccc(OCC(=O)Nc2ccc(OC(F)(F)F)cc2)cc1. The predicted octanol–water partition coefficient (Wildman–Crippen LogP) is 4.17. The van der Waals surface area contributed by atoms with E-state index >= 15 is 0 Å². The highest BCUT2D eigenvalue weighted by Crippen LogP contribution is 2.24. The largest absolute Gasteiger partial charge is 0.573 e. The van der Waals surface area contributed by atoms with E-state index in [1.165, 1.54) is 36.4 Å². The molecule has 0 atom stereocenters. The Labute approximate surface area is 159 Å². The molecule has 2 aromatic carbocycles. The number of ether oxygens (including phenoxy) is 3. The van der Waals surface area contributed by atoms with Crippen LogP contribution in [0.3, 0.4) is 0 Å². The number of rotatable bonds is 7. The second-order valence-corrected chi connectivity index (χ2v) is 5.89. The van der Waals surface area contributed by atoms with E-state index in [2.05, 4.69) is 10.1 Å². The van der Waals surface area contributed by atoms with Gasteiger partial charge in [-0.3, -0.25) is 4.79 Å². The lowest BCUT2D eigenvalue weighted by Crippen LogP contribution is -2.20. The van der Waals surface area contributed by atoms with Crippen molar-refractivity contribution in [3.63, 3.8) is 0 Å². The molecule has 0 saturated heterocycles. The molecular formula is C19H18F3NO5. The van der Waals surface area contributed by atoms with E-state index in [0.29, 0.717) is 11.3 Å². The number of alkyl halides is 3. The molecule has 0 aliphatic heterocycles. The van der Waals surface area contributed by atoms with Crippen LogP contribution in [0, 0.1) is 0 Å². The summed E-state index contributed by atoms with van der Waals surface area (Å²) in [6.45, 7) is 3.16. The summed E-state index contributed by atoms with van der Waals surface area (Å²) >= 11 is 0. The van der Waals surface area contributed by atoms with E-state index in [-0.39, 0.29) is 18.4 Å². The summed E-state index contributed by atoms with van der Waals surface area (Å²) in [5, 5.41) is 2.48. The molecule has 0 aliphatic rings. The zero-order valence-electron chi connectivity index (χ0n) is 15.1. The summed E-state index contributed by atoms with van der Waals surface area (Å²) < 4.78 is 50.4. The Morgan fingerprint density at radius 1 is 0.964 bits per heavy atom. The first kappa shape index (κ1) is 21.1. The second kappa shape index (κ2) is 9.12. The van der Waals surface area contributed by atoms with Crippen LogP contribution in [0.15, 0.2) is 48.5 Å². The highest BCUT2D eigenvalue weighted by Gasteiger charge is 2.30. The second-order valence-electron chi connectivity index (χ2n) is 5.89. The third kappa shape index (κ3) is 7.18. The van der Waals surface area contributed by atoms with Crippen molar-refractivity contribution < 1.29 is 37.0 Å². The summed E-state index contributed by atoms with van der Waals surface area (Å²) in [5.41, 5.74) is 0.640. The molecule has 1 N–H and O–H groups in total. The van der Waals surface area contributed by atoms with Gasteiger partial charge in [0, 0.05) is 5.69 Å². The lowest BCUT2D eigenvalue weighted by Gasteiger charge is -2.11. The fourth-order valence-corrected chi connectivity index (χ4v) is 2.06. The molecule has 0 aliphatic carbocycles. The third-order valence-electron chi connectivity index (χ3n) is 3.17. The Morgan fingerprint density at radius 3 is 2.07 bits per heavy atom. The molecule has 0 bridgehead atoms. The molecule has 2 rings (SSSR count). The minimum absolute atomic E-state index is 0.235. The summed E-state index contributed by atoms with van der Waals surface area (Å²) in [7, 11) is 0. The van der Waals surface area contributed by atoms with Gasteiger partial charge in [-0.25, -0.2) is 4.79 Å². The topological polar surface area (TPSA) is 73.9 Å².